The van der Waals surface area contributed by atoms with Crippen molar-refractivity contribution < 1.29 is 19.1 Å². The van der Waals surface area contributed by atoms with Gasteiger partial charge in [-0.15, -0.1) is 0 Å². The number of hydrogen-bond acceptors (Lipinski definition) is 5. The molecule has 8 nitrogen and oxygen atoms in total. The smallest absolute Gasteiger partial charge is 0.404 e. The molecule has 2 amide bonds. The van der Waals surface area contributed by atoms with Crippen LogP contribution in [0.2, 0.25) is 0 Å². The molecule has 3 aromatic heterocycles. The second-order valence-corrected chi connectivity index (χ2v) is 8.96. The number of carbonyl (C=O) groups is 2. The SMILES string of the molecule is CC(C)c1coc2ccc(C(=O)Nc3cnccc3[C@@H]3C[C@H](C)C[C@H](NC(=O)O)C3)nc12. The molecule has 168 valence electrons. The average Bonchev–Trinajstić information content (AvgIpc) is 3.16. The van der Waals surface area contributed by atoms with Gasteiger partial charge in [-0.3, -0.25) is 9.78 Å². The summed E-state index contributed by atoms with van der Waals surface area (Å²) in [5.74, 6) is 0.390. The van der Waals surface area contributed by atoms with Gasteiger partial charge >= 0.3 is 6.09 Å². The Bertz CT molecular complexity index is 1140. The summed E-state index contributed by atoms with van der Waals surface area (Å²) >= 11 is 0. The van der Waals surface area contributed by atoms with Crippen molar-refractivity contribution in [2.75, 3.05) is 5.32 Å². The van der Waals surface area contributed by atoms with Crippen molar-refractivity contribution in [3.8, 4) is 0 Å². The molecule has 8 heteroatoms. The molecule has 3 aromatic rings. The molecule has 0 unspecified atom stereocenters. The lowest BCUT2D eigenvalue weighted by Crippen LogP contribution is -2.39. The molecule has 3 heterocycles. The lowest BCUT2D eigenvalue weighted by atomic mass is 9.76. The lowest BCUT2D eigenvalue weighted by Gasteiger charge is -2.34. The lowest BCUT2D eigenvalue weighted by molar-refractivity contribution is 0.102. The molecule has 4 rings (SSSR count). The molecule has 0 bridgehead atoms. The molecule has 0 saturated heterocycles. The van der Waals surface area contributed by atoms with Crippen LogP contribution in [0.5, 0.6) is 0 Å². The van der Waals surface area contributed by atoms with Crippen molar-refractivity contribution >= 4 is 28.8 Å². The van der Waals surface area contributed by atoms with Gasteiger partial charge in [0.05, 0.1) is 18.1 Å². The van der Waals surface area contributed by atoms with E-state index < -0.39 is 6.09 Å². The summed E-state index contributed by atoms with van der Waals surface area (Å²) in [5.41, 5.74) is 4.21. The Morgan fingerprint density at radius 3 is 2.75 bits per heavy atom. The van der Waals surface area contributed by atoms with Gasteiger partial charge in [0.15, 0.2) is 5.58 Å². The zero-order chi connectivity index (χ0) is 22.8. The van der Waals surface area contributed by atoms with Crippen molar-refractivity contribution in [1.29, 1.82) is 0 Å². The van der Waals surface area contributed by atoms with Gasteiger partial charge in [-0.2, -0.15) is 0 Å². The molecule has 0 spiro atoms. The molecule has 0 aromatic carbocycles. The van der Waals surface area contributed by atoms with Gasteiger partial charge in [0.1, 0.15) is 11.2 Å². The second-order valence-electron chi connectivity index (χ2n) is 8.96. The number of hydrogen-bond donors (Lipinski definition) is 3. The monoisotopic (exact) mass is 436 g/mol. The Morgan fingerprint density at radius 1 is 1.19 bits per heavy atom. The van der Waals surface area contributed by atoms with E-state index in [0.717, 1.165) is 24.0 Å². The molecule has 0 aliphatic heterocycles. The fourth-order valence-corrected chi connectivity index (χ4v) is 4.67. The molecule has 3 atom stereocenters. The maximum atomic E-state index is 13.0. The first-order valence-corrected chi connectivity index (χ1v) is 10.9. The number of carbonyl (C=O) groups excluding carboxylic acids is 1. The molecule has 1 aliphatic rings. The number of carboxylic acid groups (broad SMARTS) is 1. The summed E-state index contributed by atoms with van der Waals surface area (Å²) in [6, 6.07) is 5.20. The van der Waals surface area contributed by atoms with E-state index in [-0.39, 0.29) is 23.8 Å². The van der Waals surface area contributed by atoms with Crippen LogP contribution < -0.4 is 10.6 Å². The zero-order valence-electron chi connectivity index (χ0n) is 18.5. The van der Waals surface area contributed by atoms with Gasteiger partial charge in [-0.25, -0.2) is 9.78 Å². The third-order valence-electron chi connectivity index (χ3n) is 6.11. The first kappa shape index (κ1) is 21.8. The Labute approximate surface area is 186 Å². The minimum atomic E-state index is -1.01. The number of nitrogens with one attached hydrogen (secondary N) is 2. The van der Waals surface area contributed by atoms with Gasteiger partial charge in [-0.1, -0.05) is 20.8 Å². The first-order valence-electron chi connectivity index (χ1n) is 10.9. The molecule has 32 heavy (non-hydrogen) atoms. The van der Waals surface area contributed by atoms with Crippen molar-refractivity contribution in [2.24, 2.45) is 5.92 Å². The van der Waals surface area contributed by atoms with Gasteiger partial charge in [0.25, 0.3) is 5.91 Å². The van der Waals surface area contributed by atoms with Crippen LogP contribution in [-0.2, 0) is 0 Å². The molecule has 1 aliphatic carbocycles. The minimum Gasteiger partial charge on any atom is -0.465 e. The fourth-order valence-electron chi connectivity index (χ4n) is 4.67. The van der Waals surface area contributed by atoms with Crippen LogP contribution in [0.4, 0.5) is 10.5 Å². The third kappa shape index (κ3) is 4.59. The van der Waals surface area contributed by atoms with E-state index >= 15 is 0 Å². The Balaban J connectivity index is 1.58. The van der Waals surface area contributed by atoms with Crippen molar-refractivity contribution in [2.45, 2.75) is 57.9 Å². The highest BCUT2D eigenvalue weighted by Gasteiger charge is 2.30. The second kappa shape index (κ2) is 8.98. The fraction of sp³-hybridized carbons (Fsp3) is 0.417. The topological polar surface area (TPSA) is 117 Å². The van der Waals surface area contributed by atoms with Crippen molar-refractivity contribution in [1.82, 2.24) is 15.3 Å². The van der Waals surface area contributed by atoms with Crippen LogP contribution in [0.3, 0.4) is 0 Å². The summed E-state index contributed by atoms with van der Waals surface area (Å²) in [6.45, 7) is 6.23. The highest BCUT2D eigenvalue weighted by molar-refractivity contribution is 6.04. The summed E-state index contributed by atoms with van der Waals surface area (Å²) in [7, 11) is 0. The largest absolute Gasteiger partial charge is 0.465 e. The number of aromatic nitrogens is 2. The maximum Gasteiger partial charge on any atom is 0.404 e. The van der Waals surface area contributed by atoms with Crippen LogP contribution in [0.15, 0.2) is 41.3 Å². The van der Waals surface area contributed by atoms with E-state index in [0.29, 0.717) is 34.8 Å². The summed E-state index contributed by atoms with van der Waals surface area (Å²) in [5, 5.41) is 14.7. The van der Waals surface area contributed by atoms with Crippen LogP contribution in [-0.4, -0.2) is 33.1 Å². The number of pyridine rings is 2. The van der Waals surface area contributed by atoms with Crippen LogP contribution in [0.1, 0.15) is 73.5 Å². The number of nitrogens with zero attached hydrogens (tertiary/aromatic N) is 2. The van der Waals surface area contributed by atoms with Crippen molar-refractivity contribution in [3.05, 3.63) is 53.7 Å². The van der Waals surface area contributed by atoms with Crippen LogP contribution in [0, 0.1) is 5.92 Å². The minimum absolute atomic E-state index is 0.113. The first-order chi connectivity index (χ1) is 15.3. The predicted molar refractivity (Wildman–Crippen MR) is 121 cm³/mol. The normalized spacial score (nSPS) is 20.9. The molecule has 1 saturated carbocycles. The number of anilines is 1. The number of furan rings is 1. The highest BCUT2D eigenvalue weighted by Crippen LogP contribution is 2.39. The summed E-state index contributed by atoms with van der Waals surface area (Å²) < 4.78 is 5.56. The highest BCUT2D eigenvalue weighted by atomic mass is 16.4. The number of rotatable bonds is 5. The van der Waals surface area contributed by atoms with E-state index in [1.165, 1.54) is 0 Å². The molecular weight excluding hydrogens is 408 g/mol. The van der Waals surface area contributed by atoms with Crippen molar-refractivity contribution in [3.63, 3.8) is 0 Å². The van der Waals surface area contributed by atoms with Gasteiger partial charge in [-0.05, 0) is 60.8 Å². The predicted octanol–water partition coefficient (Wildman–Crippen LogP) is 5.14. The standard InChI is InChI=1S/C24H28N4O4/c1-13(2)18-12-32-21-5-4-19(27-22(18)21)23(29)28-20-11-25-7-6-17(20)15-8-14(3)9-16(10-15)26-24(30)31/h4-7,11-16,26H,8-10H2,1-3H3,(H,28,29)(H,30,31)/t14-,15+,16-/m0/s1. The number of amides is 2. The third-order valence-corrected chi connectivity index (χ3v) is 6.11. The Kier molecular flexibility index (Phi) is 6.12. The molecular formula is C24H28N4O4. The maximum absolute atomic E-state index is 13.0. The molecule has 0 radical (unpaired) electrons. The Hall–Kier alpha value is -3.42. The summed E-state index contributed by atoms with van der Waals surface area (Å²) in [4.78, 5) is 32.9. The summed E-state index contributed by atoms with van der Waals surface area (Å²) in [6.07, 6.45) is 6.43. The number of fused-ring (bicyclic) bond motifs is 1. The van der Waals surface area contributed by atoms with Gasteiger partial charge < -0.3 is 20.2 Å². The van der Waals surface area contributed by atoms with Crippen LogP contribution in [0.25, 0.3) is 11.1 Å². The van der Waals surface area contributed by atoms with Crippen LogP contribution >= 0.6 is 0 Å². The van der Waals surface area contributed by atoms with E-state index in [4.69, 9.17) is 9.52 Å². The van der Waals surface area contributed by atoms with E-state index in [9.17, 15) is 9.59 Å². The van der Waals surface area contributed by atoms with E-state index in [1.807, 2.05) is 6.07 Å². The molecule has 1 fully saturated rings. The average molecular weight is 437 g/mol. The Morgan fingerprint density at radius 2 is 2.00 bits per heavy atom. The zero-order valence-corrected chi connectivity index (χ0v) is 18.5. The quantitative estimate of drug-likeness (QED) is 0.510. The van der Waals surface area contributed by atoms with Gasteiger partial charge in [0, 0.05) is 17.8 Å². The van der Waals surface area contributed by atoms with E-state index in [2.05, 4.69) is 41.4 Å². The molecule has 3 N–H and O–H groups in total. The van der Waals surface area contributed by atoms with Gasteiger partial charge in [0.2, 0.25) is 0 Å². The van der Waals surface area contributed by atoms with E-state index in [1.54, 1.807) is 30.8 Å².